The van der Waals surface area contributed by atoms with E-state index in [4.69, 9.17) is 11.6 Å². The molecule has 0 saturated heterocycles. The van der Waals surface area contributed by atoms with Crippen LogP contribution < -0.4 is 0 Å². The summed E-state index contributed by atoms with van der Waals surface area (Å²) in [5.74, 6) is 0. The number of alkyl halides is 3. The molecule has 0 bridgehead atoms. The van der Waals surface area contributed by atoms with Crippen molar-refractivity contribution in [2.75, 3.05) is 0 Å². The van der Waals surface area contributed by atoms with Crippen molar-refractivity contribution < 1.29 is 8.78 Å². The van der Waals surface area contributed by atoms with Crippen molar-refractivity contribution in [2.45, 2.75) is 11.8 Å². The summed E-state index contributed by atoms with van der Waals surface area (Å²) in [6, 6.07) is 1.49. The SMILES string of the molecule is FC(F)c1nc(CBr)c(I)cc1Cl. The molecule has 1 aromatic rings. The number of hydrogen-bond acceptors (Lipinski definition) is 1. The van der Waals surface area contributed by atoms with Crippen molar-refractivity contribution >= 4 is 50.1 Å². The minimum absolute atomic E-state index is 0.0177. The van der Waals surface area contributed by atoms with Gasteiger partial charge in [-0.15, -0.1) is 0 Å². The molecule has 0 aliphatic heterocycles. The number of rotatable bonds is 2. The zero-order chi connectivity index (χ0) is 10.0. The van der Waals surface area contributed by atoms with Gasteiger partial charge in [0.2, 0.25) is 0 Å². The Hall–Kier alpha value is 0.510. The fourth-order valence-corrected chi connectivity index (χ4v) is 2.76. The van der Waals surface area contributed by atoms with Gasteiger partial charge >= 0.3 is 0 Å². The highest BCUT2D eigenvalue weighted by Gasteiger charge is 2.16. The molecule has 1 aromatic heterocycles. The first-order valence-corrected chi connectivity index (χ1v) is 5.83. The van der Waals surface area contributed by atoms with Crippen LogP contribution in [0.5, 0.6) is 0 Å². The quantitative estimate of drug-likeness (QED) is 0.553. The maximum absolute atomic E-state index is 12.3. The van der Waals surface area contributed by atoms with Gasteiger partial charge in [0.05, 0.1) is 10.7 Å². The van der Waals surface area contributed by atoms with Gasteiger partial charge in [-0.1, -0.05) is 27.5 Å². The predicted molar refractivity (Wildman–Crippen MR) is 59.6 cm³/mol. The van der Waals surface area contributed by atoms with Gasteiger partial charge < -0.3 is 0 Å². The monoisotopic (exact) mass is 381 g/mol. The first-order chi connectivity index (χ1) is 6.06. The standard InChI is InChI=1S/C7H4BrClF2IN/c8-2-5-4(12)1-3(9)6(13-5)7(10)11/h1,7H,2H2. The minimum Gasteiger partial charge on any atom is -0.248 e. The molecule has 0 aliphatic carbocycles. The highest BCUT2D eigenvalue weighted by molar-refractivity contribution is 14.1. The van der Waals surface area contributed by atoms with Gasteiger partial charge in [0.25, 0.3) is 6.43 Å². The largest absolute Gasteiger partial charge is 0.281 e. The molecule has 0 N–H and O–H groups in total. The van der Waals surface area contributed by atoms with Gasteiger partial charge in [0, 0.05) is 8.90 Å². The number of halogens is 5. The van der Waals surface area contributed by atoms with Crippen LogP contribution in [0.15, 0.2) is 6.07 Å². The molecular weight excluding hydrogens is 378 g/mol. The van der Waals surface area contributed by atoms with Gasteiger partial charge in [-0.3, -0.25) is 0 Å². The van der Waals surface area contributed by atoms with Crippen LogP contribution in [0.1, 0.15) is 17.8 Å². The molecule has 6 heteroatoms. The van der Waals surface area contributed by atoms with Crippen LogP contribution in [0, 0.1) is 3.57 Å². The average Bonchev–Trinajstić information content (AvgIpc) is 2.03. The van der Waals surface area contributed by atoms with Crippen LogP contribution in [0.4, 0.5) is 8.78 Å². The van der Waals surface area contributed by atoms with Gasteiger partial charge in [-0.2, -0.15) is 0 Å². The molecule has 0 atom stereocenters. The summed E-state index contributed by atoms with van der Waals surface area (Å²) in [5.41, 5.74) is 0.233. The minimum atomic E-state index is -2.62. The molecule has 0 fully saturated rings. The highest BCUT2D eigenvalue weighted by Crippen LogP contribution is 2.28. The van der Waals surface area contributed by atoms with E-state index < -0.39 is 6.43 Å². The average molecular weight is 382 g/mol. The molecule has 0 unspecified atom stereocenters. The van der Waals surface area contributed by atoms with Gasteiger partial charge in [0.15, 0.2) is 0 Å². The maximum atomic E-state index is 12.3. The molecule has 0 spiro atoms. The van der Waals surface area contributed by atoms with Crippen molar-refractivity contribution in [3.05, 3.63) is 26.0 Å². The molecule has 13 heavy (non-hydrogen) atoms. The Labute approximate surface area is 101 Å². The molecule has 0 saturated carbocycles. The Bertz CT molecular complexity index is 322. The molecule has 1 heterocycles. The topological polar surface area (TPSA) is 12.9 Å². The summed E-state index contributed by atoms with van der Waals surface area (Å²) in [5, 5.41) is 0.464. The maximum Gasteiger partial charge on any atom is 0.281 e. The lowest BCUT2D eigenvalue weighted by atomic mass is 10.3. The normalized spacial score (nSPS) is 10.9. The summed E-state index contributed by atoms with van der Waals surface area (Å²) in [6.45, 7) is 0. The van der Waals surface area contributed by atoms with Crippen molar-refractivity contribution in [1.29, 1.82) is 0 Å². The van der Waals surface area contributed by atoms with Gasteiger partial charge in [0.1, 0.15) is 5.69 Å². The summed E-state index contributed by atoms with van der Waals surface area (Å²) in [6.07, 6.45) is -2.62. The lowest BCUT2D eigenvalue weighted by Gasteiger charge is -2.05. The first kappa shape index (κ1) is 11.6. The highest BCUT2D eigenvalue weighted by atomic mass is 127. The second-order valence-electron chi connectivity index (χ2n) is 2.22. The van der Waals surface area contributed by atoms with Crippen molar-refractivity contribution in [3.8, 4) is 0 Å². The zero-order valence-electron chi connectivity index (χ0n) is 6.20. The lowest BCUT2D eigenvalue weighted by molar-refractivity contribution is 0.146. The van der Waals surface area contributed by atoms with Crippen LogP contribution >= 0.6 is 50.1 Å². The van der Waals surface area contributed by atoms with Gasteiger partial charge in [-0.25, -0.2) is 13.8 Å². The molecule has 0 amide bonds. The molecular formula is C7H4BrClF2IN. The van der Waals surface area contributed by atoms with E-state index in [1.54, 1.807) is 0 Å². The summed E-state index contributed by atoms with van der Waals surface area (Å²) in [7, 11) is 0. The zero-order valence-corrected chi connectivity index (χ0v) is 10.7. The molecule has 0 aliphatic rings. The number of pyridine rings is 1. The van der Waals surface area contributed by atoms with E-state index in [1.165, 1.54) is 6.07 Å². The summed E-state index contributed by atoms with van der Waals surface area (Å²) < 4.78 is 25.4. The molecule has 1 rings (SSSR count). The second-order valence-corrected chi connectivity index (χ2v) is 4.35. The van der Waals surface area contributed by atoms with E-state index in [0.717, 1.165) is 3.57 Å². The molecule has 72 valence electrons. The van der Waals surface area contributed by atoms with Crippen LogP contribution in [0.25, 0.3) is 0 Å². The fraction of sp³-hybridized carbons (Fsp3) is 0.286. The number of aromatic nitrogens is 1. The van der Waals surface area contributed by atoms with E-state index in [0.29, 0.717) is 11.0 Å². The lowest BCUT2D eigenvalue weighted by Crippen LogP contribution is -1.98. The number of hydrogen-bond donors (Lipinski definition) is 0. The molecule has 0 radical (unpaired) electrons. The second kappa shape index (κ2) is 4.84. The third-order valence-electron chi connectivity index (χ3n) is 1.36. The Morgan fingerprint density at radius 2 is 2.23 bits per heavy atom. The van der Waals surface area contributed by atoms with Crippen LogP contribution in [-0.4, -0.2) is 4.98 Å². The van der Waals surface area contributed by atoms with E-state index in [1.807, 2.05) is 22.6 Å². The Kier molecular flexibility index (Phi) is 4.31. The van der Waals surface area contributed by atoms with Crippen molar-refractivity contribution in [3.63, 3.8) is 0 Å². The van der Waals surface area contributed by atoms with Crippen LogP contribution in [0.2, 0.25) is 5.02 Å². The van der Waals surface area contributed by atoms with E-state index in [-0.39, 0.29) is 10.7 Å². The number of nitrogens with zero attached hydrogens (tertiary/aromatic N) is 1. The van der Waals surface area contributed by atoms with Crippen molar-refractivity contribution in [1.82, 2.24) is 4.98 Å². The Balaban J connectivity index is 3.22. The Morgan fingerprint density at radius 3 is 2.69 bits per heavy atom. The van der Waals surface area contributed by atoms with Crippen LogP contribution in [0.3, 0.4) is 0 Å². The summed E-state index contributed by atoms with van der Waals surface area (Å²) in [4.78, 5) is 3.75. The first-order valence-electron chi connectivity index (χ1n) is 3.25. The third kappa shape index (κ3) is 2.73. The fourth-order valence-electron chi connectivity index (χ4n) is 0.767. The van der Waals surface area contributed by atoms with E-state index >= 15 is 0 Å². The van der Waals surface area contributed by atoms with Crippen LogP contribution in [-0.2, 0) is 5.33 Å². The summed E-state index contributed by atoms with van der Waals surface area (Å²) >= 11 is 10.8. The van der Waals surface area contributed by atoms with Gasteiger partial charge in [-0.05, 0) is 28.7 Å². The third-order valence-corrected chi connectivity index (χ3v) is 3.13. The molecule has 1 nitrogen and oxygen atoms in total. The Morgan fingerprint density at radius 1 is 1.62 bits per heavy atom. The van der Waals surface area contributed by atoms with E-state index in [2.05, 4.69) is 20.9 Å². The molecule has 0 aromatic carbocycles. The predicted octanol–water partition coefficient (Wildman–Crippen LogP) is 4.17. The van der Waals surface area contributed by atoms with E-state index in [9.17, 15) is 8.78 Å². The smallest absolute Gasteiger partial charge is 0.248 e. The van der Waals surface area contributed by atoms with Crippen molar-refractivity contribution in [2.24, 2.45) is 0 Å².